The van der Waals surface area contributed by atoms with Crippen molar-refractivity contribution in [1.82, 2.24) is 0 Å². The summed E-state index contributed by atoms with van der Waals surface area (Å²) in [4.78, 5) is 0. The summed E-state index contributed by atoms with van der Waals surface area (Å²) in [5.41, 5.74) is 5.78. The van der Waals surface area contributed by atoms with Crippen molar-refractivity contribution in [3.63, 3.8) is 0 Å². The molecule has 2 rings (SSSR count). The zero-order valence-corrected chi connectivity index (χ0v) is 10.9. The van der Waals surface area contributed by atoms with Gasteiger partial charge in [-0.25, -0.2) is 0 Å². The molecule has 6 heteroatoms. The van der Waals surface area contributed by atoms with Gasteiger partial charge in [0.15, 0.2) is 0 Å². The quantitative estimate of drug-likeness (QED) is 0.669. The molecular formula is C15H13F3N2O. The molecular weight excluding hydrogens is 281 g/mol. The molecule has 2 aromatic carbocycles. The molecule has 2 aromatic rings. The first kappa shape index (κ1) is 14.9. The van der Waals surface area contributed by atoms with E-state index in [9.17, 15) is 13.2 Å². The van der Waals surface area contributed by atoms with Gasteiger partial charge in [0.2, 0.25) is 0 Å². The smallest absolute Gasteiger partial charge is 0.416 e. The second kappa shape index (κ2) is 5.87. The predicted molar refractivity (Wildman–Crippen MR) is 73.2 cm³/mol. The van der Waals surface area contributed by atoms with E-state index in [-0.39, 0.29) is 12.4 Å². The lowest BCUT2D eigenvalue weighted by molar-refractivity contribution is -0.137. The monoisotopic (exact) mass is 294 g/mol. The van der Waals surface area contributed by atoms with Crippen LogP contribution in [0.1, 0.15) is 16.7 Å². The van der Waals surface area contributed by atoms with Gasteiger partial charge in [-0.2, -0.15) is 13.2 Å². The number of alkyl halides is 3. The Morgan fingerprint density at radius 2 is 1.67 bits per heavy atom. The molecule has 0 aliphatic heterocycles. The van der Waals surface area contributed by atoms with Gasteiger partial charge in [0.05, 0.1) is 11.1 Å². The molecule has 0 fully saturated rings. The molecule has 0 aliphatic rings. The first-order chi connectivity index (χ1) is 9.88. The standard InChI is InChI=1S/C15H13F3N2O/c16-15(17,18)11-7-5-10(6-8-11)9-21-13-4-2-1-3-12(13)14(19)20/h1-8H,9H2,(H3,19,20). The maximum atomic E-state index is 12.4. The normalized spacial score (nSPS) is 11.2. The minimum absolute atomic E-state index is 0.0996. The lowest BCUT2D eigenvalue weighted by Gasteiger charge is -2.11. The van der Waals surface area contributed by atoms with Crippen LogP contribution in [0.4, 0.5) is 13.2 Å². The van der Waals surface area contributed by atoms with Gasteiger partial charge in [0.1, 0.15) is 18.2 Å². The molecule has 3 N–H and O–H groups in total. The van der Waals surface area contributed by atoms with Crippen molar-refractivity contribution in [2.75, 3.05) is 0 Å². The van der Waals surface area contributed by atoms with Crippen molar-refractivity contribution in [2.24, 2.45) is 5.73 Å². The summed E-state index contributed by atoms with van der Waals surface area (Å²) >= 11 is 0. The lowest BCUT2D eigenvalue weighted by atomic mass is 10.1. The second-order valence-electron chi connectivity index (χ2n) is 4.39. The average Bonchev–Trinajstić information content (AvgIpc) is 2.45. The Hall–Kier alpha value is -2.50. The van der Waals surface area contributed by atoms with Crippen LogP contribution in [0.2, 0.25) is 0 Å². The van der Waals surface area contributed by atoms with E-state index in [2.05, 4.69) is 0 Å². The minimum atomic E-state index is -4.35. The summed E-state index contributed by atoms with van der Waals surface area (Å²) in [6, 6.07) is 11.5. The second-order valence-corrected chi connectivity index (χ2v) is 4.39. The molecule has 0 unspecified atom stereocenters. The highest BCUT2D eigenvalue weighted by Crippen LogP contribution is 2.29. The molecule has 0 radical (unpaired) electrons. The van der Waals surface area contributed by atoms with Crippen LogP contribution in [-0.2, 0) is 12.8 Å². The van der Waals surface area contributed by atoms with Crippen molar-refractivity contribution in [3.05, 3.63) is 65.2 Å². The molecule has 0 amide bonds. The van der Waals surface area contributed by atoms with Crippen LogP contribution in [-0.4, -0.2) is 5.84 Å². The highest BCUT2D eigenvalue weighted by Gasteiger charge is 2.29. The number of amidine groups is 1. The Morgan fingerprint density at radius 3 is 2.24 bits per heavy atom. The van der Waals surface area contributed by atoms with Gasteiger partial charge in [-0.1, -0.05) is 24.3 Å². The number of rotatable bonds is 4. The Morgan fingerprint density at radius 1 is 1.05 bits per heavy atom. The maximum Gasteiger partial charge on any atom is 0.416 e. The summed E-state index contributed by atoms with van der Waals surface area (Å²) < 4.78 is 42.8. The van der Waals surface area contributed by atoms with Crippen LogP contribution in [0.3, 0.4) is 0 Å². The number of halogens is 3. The molecule has 0 atom stereocenters. The van der Waals surface area contributed by atoms with Crippen LogP contribution >= 0.6 is 0 Å². The molecule has 0 saturated heterocycles. The minimum Gasteiger partial charge on any atom is -0.488 e. The Labute approximate surface area is 119 Å². The first-order valence-electron chi connectivity index (χ1n) is 6.10. The van der Waals surface area contributed by atoms with Gasteiger partial charge in [0.25, 0.3) is 0 Å². The van der Waals surface area contributed by atoms with Gasteiger partial charge in [-0.05, 0) is 29.8 Å². The number of nitrogen functional groups attached to an aromatic ring is 1. The van der Waals surface area contributed by atoms with Crippen molar-refractivity contribution in [3.8, 4) is 5.75 Å². The maximum absolute atomic E-state index is 12.4. The van der Waals surface area contributed by atoms with E-state index >= 15 is 0 Å². The number of ether oxygens (including phenoxy) is 1. The lowest BCUT2D eigenvalue weighted by Crippen LogP contribution is -2.13. The number of benzene rings is 2. The van der Waals surface area contributed by atoms with Crippen LogP contribution in [0.15, 0.2) is 48.5 Å². The molecule has 0 saturated carbocycles. The van der Waals surface area contributed by atoms with Gasteiger partial charge < -0.3 is 10.5 Å². The summed E-state index contributed by atoms with van der Waals surface area (Å²) in [5.74, 6) is 0.294. The Balaban J connectivity index is 2.09. The Bertz CT molecular complexity index is 636. The highest BCUT2D eigenvalue weighted by molar-refractivity contribution is 5.97. The third kappa shape index (κ3) is 3.75. The fraction of sp³-hybridized carbons (Fsp3) is 0.133. The first-order valence-corrected chi connectivity index (χ1v) is 6.10. The zero-order valence-electron chi connectivity index (χ0n) is 10.9. The van der Waals surface area contributed by atoms with Crippen molar-refractivity contribution in [2.45, 2.75) is 12.8 Å². The molecule has 3 nitrogen and oxygen atoms in total. The van der Waals surface area contributed by atoms with E-state index in [0.717, 1.165) is 12.1 Å². The van der Waals surface area contributed by atoms with E-state index in [4.69, 9.17) is 15.9 Å². The average molecular weight is 294 g/mol. The van der Waals surface area contributed by atoms with Crippen LogP contribution in [0.25, 0.3) is 0 Å². The van der Waals surface area contributed by atoms with E-state index in [1.54, 1.807) is 24.3 Å². The predicted octanol–water partition coefficient (Wildman–Crippen LogP) is 3.57. The van der Waals surface area contributed by atoms with Gasteiger partial charge in [-0.15, -0.1) is 0 Å². The van der Waals surface area contributed by atoms with Crippen LogP contribution in [0.5, 0.6) is 5.75 Å². The molecule has 110 valence electrons. The van der Waals surface area contributed by atoms with Crippen molar-refractivity contribution >= 4 is 5.84 Å². The molecule has 0 spiro atoms. The van der Waals surface area contributed by atoms with E-state index in [1.807, 2.05) is 0 Å². The molecule has 0 aliphatic carbocycles. The summed E-state index contributed by atoms with van der Waals surface area (Å²) in [6.07, 6.45) is -4.35. The summed E-state index contributed by atoms with van der Waals surface area (Å²) in [7, 11) is 0. The molecule has 21 heavy (non-hydrogen) atoms. The molecule has 0 heterocycles. The van der Waals surface area contributed by atoms with E-state index in [1.165, 1.54) is 12.1 Å². The Kier molecular flexibility index (Phi) is 4.16. The van der Waals surface area contributed by atoms with Crippen LogP contribution in [0, 0.1) is 5.41 Å². The zero-order chi connectivity index (χ0) is 15.5. The van der Waals surface area contributed by atoms with Gasteiger partial charge in [-0.3, -0.25) is 5.41 Å². The largest absolute Gasteiger partial charge is 0.488 e. The third-order valence-electron chi connectivity index (χ3n) is 2.85. The van der Waals surface area contributed by atoms with Crippen LogP contribution < -0.4 is 10.5 Å². The molecule has 0 aromatic heterocycles. The summed E-state index contributed by atoms with van der Waals surface area (Å²) in [6.45, 7) is 0.0996. The van der Waals surface area contributed by atoms with E-state index < -0.39 is 11.7 Å². The van der Waals surface area contributed by atoms with Gasteiger partial charge in [0, 0.05) is 0 Å². The fourth-order valence-electron chi connectivity index (χ4n) is 1.77. The SMILES string of the molecule is N=C(N)c1ccccc1OCc1ccc(C(F)(F)F)cc1. The topological polar surface area (TPSA) is 59.1 Å². The highest BCUT2D eigenvalue weighted by atomic mass is 19.4. The summed E-state index contributed by atoms with van der Waals surface area (Å²) in [5, 5.41) is 7.43. The number of nitrogens with two attached hydrogens (primary N) is 1. The van der Waals surface area contributed by atoms with Gasteiger partial charge >= 0.3 is 6.18 Å². The number of nitrogens with one attached hydrogen (secondary N) is 1. The fourth-order valence-corrected chi connectivity index (χ4v) is 1.77. The third-order valence-corrected chi connectivity index (χ3v) is 2.85. The number of para-hydroxylation sites is 1. The van der Waals surface area contributed by atoms with Crippen molar-refractivity contribution in [1.29, 1.82) is 5.41 Å². The molecule has 0 bridgehead atoms. The number of hydrogen-bond acceptors (Lipinski definition) is 2. The van der Waals surface area contributed by atoms with Crippen molar-refractivity contribution < 1.29 is 17.9 Å². The van der Waals surface area contributed by atoms with E-state index in [0.29, 0.717) is 16.9 Å². The number of hydrogen-bond donors (Lipinski definition) is 2.